The molecule has 1 amide bonds. The molecule has 9 heteroatoms. The Morgan fingerprint density at radius 3 is 2.90 bits per heavy atom. The number of carbonyl (C=O) groups excluding carboxylic acids is 1. The Labute approximate surface area is 122 Å². The van der Waals surface area contributed by atoms with Crippen molar-refractivity contribution < 1.29 is 13.2 Å². The van der Waals surface area contributed by atoms with Gasteiger partial charge in [0.05, 0.1) is 0 Å². The number of rotatable bonds is 3. The molecule has 0 bridgehead atoms. The normalized spacial score (nSPS) is 19.7. The van der Waals surface area contributed by atoms with Crippen LogP contribution in [-0.4, -0.2) is 56.3 Å². The summed E-state index contributed by atoms with van der Waals surface area (Å²) in [5, 5.41) is 14.2. The number of pyridine rings is 1. The van der Waals surface area contributed by atoms with E-state index in [0.29, 0.717) is 6.54 Å². The fourth-order valence-corrected chi connectivity index (χ4v) is 3.63. The van der Waals surface area contributed by atoms with Crippen LogP contribution in [0.5, 0.6) is 0 Å². The van der Waals surface area contributed by atoms with Crippen LogP contribution in [0.4, 0.5) is 0 Å². The number of hydrogen-bond acceptors (Lipinski definition) is 6. The van der Waals surface area contributed by atoms with Crippen molar-refractivity contribution in [1.82, 2.24) is 19.9 Å². The van der Waals surface area contributed by atoms with Crippen LogP contribution >= 0.6 is 0 Å². The van der Waals surface area contributed by atoms with Crippen molar-refractivity contribution in [2.45, 2.75) is 10.9 Å². The zero-order valence-corrected chi connectivity index (χ0v) is 12.2. The molecule has 0 aromatic carbocycles. The van der Waals surface area contributed by atoms with Gasteiger partial charge in [-0.25, -0.2) is 13.4 Å². The third kappa shape index (κ3) is 3.02. The molecule has 2 N–H and O–H groups in total. The minimum Gasteiger partial charge on any atom is -0.358 e. The predicted octanol–water partition coefficient (Wildman–Crippen LogP) is -1.34. The molecule has 1 aliphatic rings. The maximum atomic E-state index is 12.6. The van der Waals surface area contributed by atoms with E-state index in [-0.39, 0.29) is 29.6 Å². The summed E-state index contributed by atoms with van der Waals surface area (Å²) in [7, 11) is -2.37. The van der Waals surface area contributed by atoms with Gasteiger partial charge < -0.3 is 10.6 Å². The smallest absolute Gasteiger partial charge is 0.245 e. The van der Waals surface area contributed by atoms with Crippen LogP contribution in [0, 0.1) is 11.3 Å². The second-order valence-electron chi connectivity index (χ2n) is 4.44. The number of nitrogens with one attached hydrogen (secondary N) is 2. The molecule has 112 valence electrons. The Morgan fingerprint density at radius 1 is 1.57 bits per heavy atom. The van der Waals surface area contributed by atoms with E-state index in [1.165, 1.54) is 19.2 Å². The molecular formula is C12H15N5O3S. The quantitative estimate of drug-likeness (QED) is 0.714. The van der Waals surface area contributed by atoms with E-state index in [0.717, 1.165) is 10.5 Å². The molecule has 8 nitrogen and oxygen atoms in total. The summed E-state index contributed by atoms with van der Waals surface area (Å²) in [6, 6.07) is 3.69. The van der Waals surface area contributed by atoms with Gasteiger partial charge in [-0.15, -0.1) is 0 Å². The summed E-state index contributed by atoms with van der Waals surface area (Å²) >= 11 is 0. The number of likely N-dealkylation sites (N-methyl/N-ethyl adjacent to an activating group) is 1. The molecule has 0 spiro atoms. The molecule has 1 aliphatic heterocycles. The van der Waals surface area contributed by atoms with Gasteiger partial charge in [0, 0.05) is 32.9 Å². The average Bonchev–Trinajstić information content (AvgIpc) is 2.54. The van der Waals surface area contributed by atoms with Crippen LogP contribution in [0.15, 0.2) is 23.2 Å². The summed E-state index contributed by atoms with van der Waals surface area (Å²) in [6.45, 7) is 0.916. The second kappa shape index (κ2) is 6.17. The summed E-state index contributed by atoms with van der Waals surface area (Å²) < 4.78 is 26.4. The first kappa shape index (κ1) is 15.4. The lowest BCUT2D eigenvalue weighted by atomic mass is 10.2. The van der Waals surface area contributed by atoms with Crippen molar-refractivity contribution in [2.24, 2.45) is 0 Å². The average molecular weight is 309 g/mol. The van der Waals surface area contributed by atoms with Gasteiger partial charge in [0.2, 0.25) is 15.9 Å². The van der Waals surface area contributed by atoms with Crippen molar-refractivity contribution >= 4 is 15.9 Å². The van der Waals surface area contributed by atoms with Crippen LogP contribution < -0.4 is 10.6 Å². The van der Waals surface area contributed by atoms with Crippen LogP contribution in [-0.2, 0) is 14.8 Å². The molecule has 1 fully saturated rings. The minimum absolute atomic E-state index is 0.0303. The lowest BCUT2D eigenvalue weighted by molar-refractivity contribution is -0.124. The van der Waals surface area contributed by atoms with Gasteiger partial charge in [-0.2, -0.15) is 9.57 Å². The third-order valence-electron chi connectivity index (χ3n) is 3.20. The predicted molar refractivity (Wildman–Crippen MR) is 73.6 cm³/mol. The SMILES string of the molecule is CNC(=O)C1CNCCN1S(=O)(=O)c1ccc(C#N)nc1. The van der Waals surface area contributed by atoms with E-state index >= 15 is 0 Å². The molecule has 2 rings (SSSR count). The highest BCUT2D eigenvalue weighted by atomic mass is 32.2. The van der Waals surface area contributed by atoms with E-state index in [9.17, 15) is 13.2 Å². The number of nitrogens with zero attached hydrogens (tertiary/aromatic N) is 3. The molecular weight excluding hydrogens is 294 g/mol. The lowest BCUT2D eigenvalue weighted by Crippen LogP contribution is -2.59. The largest absolute Gasteiger partial charge is 0.358 e. The van der Waals surface area contributed by atoms with E-state index in [1.54, 1.807) is 0 Å². The van der Waals surface area contributed by atoms with E-state index in [4.69, 9.17) is 5.26 Å². The fourth-order valence-electron chi connectivity index (χ4n) is 2.10. The first-order chi connectivity index (χ1) is 10.0. The van der Waals surface area contributed by atoms with Crippen LogP contribution in [0.1, 0.15) is 5.69 Å². The molecule has 1 saturated heterocycles. The zero-order valence-electron chi connectivity index (χ0n) is 11.4. The maximum absolute atomic E-state index is 12.6. The molecule has 0 saturated carbocycles. The topological polar surface area (TPSA) is 115 Å². The second-order valence-corrected chi connectivity index (χ2v) is 6.33. The zero-order chi connectivity index (χ0) is 15.5. The van der Waals surface area contributed by atoms with E-state index in [1.807, 2.05) is 6.07 Å². The van der Waals surface area contributed by atoms with E-state index in [2.05, 4.69) is 15.6 Å². The first-order valence-electron chi connectivity index (χ1n) is 6.31. The van der Waals surface area contributed by atoms with Crippen molar-refractivity contribution in [1.29, 1.82) is 5.26 Å². The number of sulfonamides is 1. The van der Waals surface area contributed by atoms with Gasteiger partial charge in [0.1, 0.15) is 22.7 Å². The van der Waals surface area contributed by atoms with Gasteiger partial charge in [-0.05, 0) is 12.1 Å². The van der Waals surface area contributed by atoms with Gasteiger partial charge in [0.25, 0.3) is 0 Å². The number of amides is 1. The highest BCUT2D eigenvalue weighted by Gasteiger charge is 2.37. The summed E-state index contributed by atoms with van der Waals surface area (Å²) in [4.78, 5) is 15.6. The summed E-state index contributed by atoms with van der Waals surface area (Å²) in [5.41, 5.74) is 0.136. The lowest BCUT2D eigenvalue weighted by Gasteiger charge is -2.33. The first-order valence-corrected chi connectivity index (χ1v) is 7.75. The molecule has 0 radical (unpaired) electrons. The molecule has 21 heavy (non-hydrogen) atoms. The highest BCUT2D eigenvalue weighted by molar-refractivity contribution is 7.89. The van der Waals surface area contributed by atoms with Crippen molar-refractivity contribution in [3.8, 4) is 6.07 Å². The summed E-state index contributed by atoms with van der Waals surface area (Å²) in [6.07, 6.45) is 1.14. The summed E-state index contributed by atoms with van der Waals surface area (Å²) in [5.74, 6) is -0.368. The minimum atomic E-state index is -3.83. The number of nitriles is 1. The molecule has 1 aromatic heterocycles. The Bertz CT molecular complexity index is 665. The molecule has 1 unspecified atom stereocenters. The van der Waals surface area contributed by atoms with Crippen LogP contribution in [0.25, 0.3) is 0 Å². The van der Waals surface area contributed by atoms with Crippen molar-refractivity contribution in [2.75, 3.05) is 26.7 Å². The Morgan fingerprint density at radius 2 is 2.33 bits per heavy atom. The number of carbonyl (C=O) groups is 1. The Kier molecular flexibility index (Phi) is 4.52. The van der Waals surface area contributed by atoms with Gasteiger partial charge in [-0.1, -0.05) is 0 Å². The van der Waals surface area contributed by atoms with Crippen LogP contribution in [0.3, 0.4) is 0 Å². The standard InChI is InChI=1S/C12H15N5O3S/c1-14-12(18)11-8-15-4-5-17(11)21(19,20)10-3-2-9(6-13)16-7-10/h2-3,7,11,15H,4-5,8H2,1H3,(H,14,18). The highest BCUT2D eigenvalue weighted by Crippen LogP contribution is 2.19. The Hall–Kier alpha value is -2.02. The Balaban J connectivity index is 2.35. The fraction of sp³-hybridized carbons (Fsp3) is 0.417. The third-order valence-corrected chi connectivity index (χ3v) is 5.09. The molecule has 0 aliphatic carbocycles. The number of piperazine rings is 1. The van der Waals surface area contributed by atoms with Crippen molar-refractivity contribution in [3.63, 3.8) is 0 Å². The molecule has 2 heterocycles. The van der Waals surface area contributed by atoms with Gasteiger partial charge in [-0.3, -0.25) is 4.79 Å². The number of aromatic nitrogens is 1. The van der Waals surface area contributed by atoms with Crippen molar-refractivity contribution in [3.05, 3.63) is 24.0 Å². The molecule has 1 aromatic rings. The van der Waals surface area contributed by atoms with Gasteiger partial charge >= 0.3 is 0 Å². The van der Waals surface area contributed by atoms with Gasteiger partial charge in [0.15, 0.2) is 0 Å². The number of hydrogen-bond donors (Lipinski definition) is 2. The van der Waals surface area contributed by atoms with E-state index < -0.39 is 16.1 Å². The molecule has 1 atom stereocenters. The monoisotopic (exact) mass is 309 g/mol. The maximum Gasteiger partial charge on any atom is 0.245 e. The van der Waals surface area contributed by atoms with Crippen LogP contribution in [0.2, 0.25) is 0 Å².